The van der Waals surface area contributed by atoms with Crippen molar-refractivity contribution in [3.05, 3.63) is 0 Å². The van der Waals surface area contributed by atoms with Crippen LogP contribution in [-0.2, 0) is 19.1 Å². The molecule has 0 bridgehead atoms. The molecule has 0 fully saturated rings. The summed E-state index contributed by atoms with van der Waals surface area (Å²) < 4.78 is 9.61. The molecule has 0 saturated carbocycles. The minimum absolute atomic E-state index is 0.0313. The van der Waals surface area contributed by atoms with E-state index in [1.54, 1.807) is 6.92 Å². The number of hydrogen-bond donors (Lipinski definition) is 4. The molecule has 0 rings (SSSR count). The van der Waals surface area contributed by atoms with Crippen molar-refractivity contribution in [3.8, 4) is 0 Å². The van der Waals surface area contributed by atoms with Gasteiger partial charge in [0.25, 0.3) is 0 Å². The van der Waals surface area contributed by atoms with E-state index in [9.17, 15) is 24.9 Å². The van der Waals surface area contributed by atoms with Gasteiger partial charge in [-0.15, -0.1) is 0 Å². The van der Waals surface area contributed by atoms with Crippen LogP contribution in [0.25, 0.3) is 0 Å². The minimum atomic E-state index is -1.74. The van der Waals surface area contributed by atoms with Crippen molar-refractivity contribution in [2.75, 3.05) is 13.2 Å². The molecule has 0 aliphatic rings. The highest BCUT2D eigenvalue weighted by molar-refractivity contribution is 5.70. The lowest BCUT2D eigenvalue weighted by molar-refractivity contribution is -0.177. The highest BCUT2D eigenvalue weighted by atomic mass is 16.6. The zero-order valence-electron chi connectivity index (χ0n) is 11.6. The lowest BCUT2D eigenvalue weighted by Crippen LogP contribution is -2.49. The molecule has 0 amide bonds. The Morgan fingerprint density at radius 3 is 2.00 bits per heavy atom. The van der Waals surface area contributed by atoms with Gasteiger partial charge in [-0.3, -0.25) is 9.59 Å². The van der Waals surface area contributed by atoms with Crippen molar-refractivity contribution in [2.24, 2.45) is 0 Å². The zero-order valence-corrected chi connectivity index (χ0v) is 11.6. The van der Waals surface area contributed by atoms with E-state index in [0.29, 0.717) is 0 Å². The molecule has 0 heterocycles. The first kappa shape index (κ1) is 18.8. The molecule has 0 radical (unpaired) electrons. The molecule has 118 valence electrons. The van der Waals surface area contributed by atoms with Crippen molar-refractivity contribution in [1.29, 1.82) is 0 Å². The van der Waals surface area contributed by atoms with E-state index < -0.39 is 49.6 Å². The SMILES string of the molecule is CCC(=O)OC[C@@H](OC(=O)CC)[C@@H](O)[C@H](O)[C@@H](O)CO. The Bertz CT molecular complexity index is 306. The van der Waals surface area contributed by atoms with Crippen LogP contribution >= 0.6 is 0 Å². The van der Waals surface area contributed by atoms with E-state index in [2.05, 4.69) is 0 Å². The van der Waals surface area contributed by atoms with Crippen LogP contribution in [0.15, 0.2) is 0 Å². The second-order valence-electron chi connectivity index (χ2n) is 4.15. The molecule has 0 unspecified atom stereocenters. The van der Waals surface area contributed by atoms with Crippen LogP contribution in [0, 0.1) is 0 Å². The van der Waals surface area contributed by atoms with E-state index in [-0.39, 0.29) is 12.8 Å². The number of aliphatic hydroxyl groups excluding tert-OH is 4. The largest absolute Gasteiger partial charge is 0.462 e. The fourth-order valence-electron chi connectivity index (χ4n) is 1.29. The maximum absolute atomic E-state index is 11.2. The van der Waals surface area contributed by atoms with E-state index in [1.807, 2.05) is 0 Å². The molecular formula is C12H22O8. The first-order valence-electron chi connectivity index (χ1n) is 6.37. The van der Waals surface area contributed by atoms with Gasteiger partial charge in [0.05, 0.1) is 6.61 Å². The molecule has 0 aromatic rings. The molecular weight excluding hydrogens is 272 g/mol. The van der Waals surface area contributed by atoms with Gasteiger partial charge >= 0.3 is 11.9 Å². The molecule has 8 heteroatoms. The number of esters is 2. The molecule has 4 N–H and O–H groups in total. The van der Waals surface area contributed by atoms with Gasteiger partial charge in [-0.2, -0.15) is 0 Å². The highest BCUT2D eigenvalue weighted by Crippen LogP contribution is 2.10. The van der Waals surface area contributed by atoms with Gasteiger partial charge in [0.15, 0.2) is 6.10 Å². The standard InChI is InChI=1S/C12H22O8/c1-3-9(15)19-6-8(20-10(16)4-2)12(18)11(17)7(14)5-13/h7-8,11-14,17-18H,3-6H2,1-2H3/t7-,8+,11+,12+/m0/s1. The smallest absolute Gasteiger partial charge is 0.305 e. The van der Waals surface area contributed by atoms with Gasteiger partial charge in [0.2, 0.25) is 0 Å². The lowest BCUT2D eigenvalue weighted by Gasteiger charge is -2.28. The number of ether oxygens (including phenoxy) is 2. The van der Waals surface area contributed by atoms with Crippen LogP contribution in [0.1, 0.15) is 26.7 Å². The van der Waals surface area contributed by atoms with E-state index in [1.165, 1.54) is 6.92 Å². The summed E-state index contributed by atoms with van der Waals surface area (Å²) in [5, 5.41) is 37.4. The normalized spacial score (nSPS) is 16.9. The third-order valence-corrected chi connectivity index (χ3v) is 2.58. The fraction of sp³-hybridized carbons (Fsp3) is 0.833. The summed E-state index contributed by atoms with van der Waals surface area (Å²) in [6, 6.07) is 0. The number of rotatable bonds is 9. The van der Waals surface area contributed by atoms with Crippen LogP contribution in [0.3, 0.4) is 0 Å². The van der Waals surface area contributed by atoms with Gasteiger partial charge < -0.3 is 29.9 Å². The Hall–Kier alpha value is -1.22. The number of hydrogen-bond acceptors (Lipinski definition) is 8. The number of aliphatic hydroxyl groups is 4. The predicted molar refractivity (Wildman–Crippen MR) is 66.5 cm³/mol. The van der Waals surface area contributed by atoms with Gasteiger partial charge in [0.1, 0.15) is 24.9 Å². The van der Waals surface area contributed by atoms with Crippen LogP contribution in [0.4, 0.5) is 0 Å². The number of carbonyl (C=O) groups excluding carboxylic acids is 2. The summed E-state index contributed by atoms with van der Waals surface area (Å²) in [6.45, 7) is 1.87. The van der Waals surface area contributed by atoms with Crippen molar-refractivity contribution in [2.45, 2.75) is 51.1 Å². The Labute approximate surface area is 116 Å². The van der Waals surface area contributed by atoms with Crippen molar-refractivity contribution >= 4 is 11.9 Å². The maximum atomic E-state index is 11.2. The molecule has 8 nitrogen and oxygen atoms in total. The first-order chi connectivity index (χ1) is 9.37. The van der Waals surface area contributed by atoms with E-state index in [0.717, 1.165) is 0 Å². The first-order valence-corrected chi connectivity index (χ1v) is 6.37. The van der Waals surface area contributed by atoms with Crippen LogP contribution < -0.4 is 0 Å². The Kier molecular flexibility index (Phi) is 9.06. The monoisotopic (exact) mass is 294 g/mol. The summed E-state index contributed by atoms with van der Waals surface area (Å²) in [7, 11) is 0. The van der Waals surface area contributed by atoms with Gasteiger partial charge in [-0.05, 0) is 0 Å². The summed E-state index contributed by atoms with van der Waals surface area (Å²) in [4.78, 5) is 22.3. The van der Waals surface area contributed by atoms with E-state index >= 15 is 0 Å². The summed E-state index contributed by atoms with van der Waals surface area (Å²) >= 11 is 0. The molecule has 0 spiro atoms. The fourth-order valence-corrected chi connectivity index (χ4v) is 1.29. The Balaban J connectivity index is 4.72. The minimum Gasteiger partial charge on any atom is -0.462 e. The molecule has 0 aromatic carbocycles. The van der Waals surface area contributed by atoms with Crippen LogP contribution in [0.2, 0.25) is 0 Å². The average molecular weight is 294 g/mol. The quantitative estimate of drug-likeness (QED) is 0.371. The van der Waals surface area contributed by atoms with Gasteiger partial charge in [-0.1, -0.05) is 13.8 Å². The molecule has 0 saturated heterocycles. The van der Waals surface area contributed by atoms with Crippen molar-refractivity contribution < 1.29 is 39.5 Å². The summed E-state index contributed by atoms with van der Waals surface area (Å²) in [5.41, 5.74) is 0. The second kappa shape index (κ2) is 9.65. The van der Waals surface area contributed by atoms with Gasteiger partial charge in [-0.25, -0.2) is 0 Å². The zero-order chi connectivity index (χ0) is 15.7. The third-order valence-electron chi connectivity index (χ3n) is 2.58. The topological polar surface area (TPSA) is 134 Å². The predicted octanol–water partition coefficient (Wildman–Crippen LogP) is -1.66. The lowest BCUT2D eigenvalue weighted by atomic mass is 10.0. The molecule has 0 aliphatic heterocycles. The Morgan fingerprint density at radius 2 is 1.55 bits per heavy atom. The van der Waals surface area contributed by atoms with Crippen LogP contribution in [-0.4, -0.2) is 70.0 Å². The third kappa shape index (κ3) is 6.29. The second-order valence-corrected chi connectivity index (χ2v) is 4.15. The highest BCUT2D eigenvalue weighted by Gasteiger charge is 2.34. The molecule has 0 aromatic heterocycles. The summed E-state index contributed by atoms with van der Waals surface area (Å²) in [6.07, 6.45) is -6.23. The summed E-state index contributed by atoms with van der Waals surface area (Å²) in [5.74, 6) is -1.22. The Morgan fingerprint density at radius 1 is 1.00 bits per heavy atom. The van der Waals surface area contributed by atoms with Gasteiger partial charge in [0, 0.05) is 12.8 Å². The van der Waals surface area contributed by atoms with E-state index in [4.69, 9.17) is 14.6 Å². The van der Waals surface area contributed by atoms with Crippen LogP contribution in [0.5, 0.6) is 0 Å². The van der Waals surface area contributed by atoms with Crippen molar-refractivity contribution in [1.82, 2.24) is 0 Å². The number of carbonyl (C=O) groups is 2. The maximum Gasteiger partial charge on any atom is 0.305 e. The molecule has 4 atom stereocenters. The molecule has 0 aliphatic carbocycles. The average Bonchev–Trinajstić information content (AvgIpc) is 2.47. The van der Waals surface area contributed by atoms with Crippen molar-refractivity contribution in [3.63, 3.8) is 0 Å². The molecule has 20 heavy (non-hydrogen) atoms.